The van der Waals surface area contributed by atoms with Crippen LogP contribution in [-0.4, -0.2) is 20.9 Å². The van der Waals surface area contributed by atoms with Crippen molar-refractivity contribution in [1.82, 2.24) is 5.32 Å². The number of halogens is 1. The van der Waals surface area contributed by atoms with Gasteiger partial charge in [-0.25, -0.2) is 8.42 Å². The Morgan fingerprint density at radius 1 is 1.10 bits per heavy atom. The minimum atomic E-state index is -3.75. The van der Waals surface area contributed by atoms with Crippen molar-refractivity contribution in [3.8, 4) is 0 Å². The van der Waals surface area contributed by atoms with Gasteiger partial charge in [0.25, 0.3) is 15.9 Å². The van der Waals surface area contributed by atoms with Crippen molar-refractivity contribution in [3.63, 3.8) is 0 Å². The minimum absolute atomic E-state index is 0.151. The average Bonchev–Trinajstić information content (AvgIpc) is 2.70. The van der Waals surface area contributed by atoms with Gasteiger partial charge in [-0.15, -0.1) is 0 Å². The largest absolute Gasteiger partial charge is 0.352 e. The molecule has 0 bridgehead atoms. The van der Waals surface area contributed by atoms with E-state index in [9.17, 15) is 13.2 Å². The molecule has 7 heteroatoms. The summed E-state index contributed by atoms with van der Waals surface area (Å²) in [5.41, 5.74) is 3.00. The number of benzene rings is 2. The van der Waals surface area contributed by atoms with Gasteiger partial charge >= 0.3 is 0 Å². The fourth-order valence-corrected chi connectivity index (χ4v) is 4.59. The molecule has 1 amide bonds. The van der Waals surface area contributed by atoms with Crippen molar-refractivity contribution < 1.29 is 13.2 Å². The van der Waals surface area contributed by atoms with Crippen LogP contribution in [0.25, 0.3) is 0 Å². The number of carbonyl (C=O) groups is 1. The summed E-state index contributed by atoms with van der Waals surface area (Å²) in [6, 6.07) is 11.1. The highest BCUT2D eigenvalue weighted by atomic mass is 35.5. The van der Waals surface area contributed by atoms with E-state index in [1.54, 1.807) is 18.2 Å². The molecule has 2 aromatic rings. The van der Waals surface area contributed by atoms with Crippen molar-refractivity contribution >= 4 is 33.2 Å². The fourth-order valence-electron chi connectivity index (χ4n) is 3.23. The van der Waals surface area contributed by atoms with Crippen LogP contribution < -0.4 is 10.0 Å². The Morgan fingerprint density at radius 2 is 1.86 bits per heavy atom. The summed E-state index contributed by atoms with van der Waals surface area (Å²) in [5, 5.41) is 3.06. The van der Waals surface area contributed by atoms with E-state index in [-0.39, 0.29) is 21.5 Å². The van der Waals surface area contributed by atoms with Crippen LogP contribution in [0.15, 0.2) is 59.0 Å². The molecule has 3 rings (SSSR count). The lowest BCUT2D eigenvalue weighted by atomic mass is 9.97. The number of rotatable bonds is 7. The number of carbonyl (C=O) groups excluding carboxylic acids is 1. The third-order valence-corrected chi connectivity index (χ3v) is 6.62. The predicted octanol–water partition coefficient (Wildman–Crippen LogP) is 5.07. The number of hydrogen-bond donors (Lipinski definition) is 2. The maximum Gasteiger partial charge on any atom is 0.261 e. The van der Waals surface area contributed by atoms with Crippen LogP contribution >= 0.6 is 11.6 Å². The first-order chi connectivity index (χ1) is 13.8. The molecular weight excluding hydrogens is 408 g/mol. The smallest absolute Gasteiger partial charge is 0.261 e. The zero-order valence-electron chi connectivity index (χ0n) is 16.4. The standard InChI is InChI=1S/C22H25ClN2O3S/c1-16-7-10-19(11-8-16)29(27,28)25-21-12-9-18(15-20(21)23)22(26)24-14-13-17-5-3-2-4-6-17/h5,7-12,15,25H,2-4,6,13-14H2,1H3,(H,24,26). The monoisotopic (exact) mass is 432 g/mol. The van der Waals surface area contributed by atoms with Gasteiger partial charge in [0.1, 0.15) is 0 Å². The molecule has 0 unspecified atom stereocenters. The fraction of sp³-hybridized carbons (Fsp3) is 0.318. The van der Waals surface area contributed by atoms with Gasteiger partial charge < -0.3 is 5.32 Å². The molecule has 0 spiro atoms. The van der Waals surface area contributed by atoms with Gasteiger partial charge in [-0.1, -0.05) is 40.9 Å². The van der Waals surface area contributed by atoms with Crippen molar-refractivity contribution in [2.24, 2.45) is 0 Å². The maximum absolute atomic E-state index is 12.5. The number of aryl methyl sites for hydroxylation is 1. The molecule has 0 fully saturated rings. The van der Waals surface area contributed by atoms with Crippen LogP contribution in [0, 0.1) is 6.92 Å². The molecule has 2 aromatic carbocycles. The Kier molecular flexibility index (Phi) is 6.98. The van der Waals surface area contributed by atoms with E-state index in [1.165, 1.54) is 42.7 Å². The normalized spacial score (nSPS) is 14.2. The van der Waals surface area contributed by atoms with Crippen LogP contribution in [0.1, 0.15) is 48.0 Å². The van der Waals surface area contributed by atoms with Crippen LogP contribution in [0.2, 0.25) is 5.02 Å². The molecule has 2 N–H and O–H groups in total. The summed E-state index contributed by atoms with van der Waals surface area (Å²) < 4.78 is 27.5. The maximum atomic E-state index is 12.5. The van der Waals surface area contributed by atoms with Gasteiger partial charge in [0.2, 0.25) is 0 Å². The number of sulfonamides is 1. The lowest BCUT2D eigenvalue weighted by Gasteiger charge is -2.13. The van der Waals surface area contributed by atoms with E-state index in [4.69, 9.17) is 11.6 Å². The first-order valence-electron chi connectivity index (χ1n) is 9.70. The molecule has 154 valence electrons. The molecule has 29 heavy (non-hydrogen) atoms. The molecule has 0 aliphatic heterocycles. The first kappa shape index (κ1) is 21.4. The first-order valence-corrected chi connectivity index (χ1v) is 11.6. The molecule has 0 heterocycles. The lowest BCUT2D eigenvalue weighted by molar-refractivity contribution is 0.0954. The zero-order chi connectivity index (χ0) is 20.9. The topological polar surface area (TPSA) is 75.3 Å². The summed E-state index contributed by atoms with van der Waals surface area (Å²) in [7, 11) is -3.75. The van der Waals surface area contributed by atoms with Crippen LogP contribution in [0.5, 0.6) is 0 Å². The highest BCUT2D eigenvalue weighted by molar-refractivity contribution is 7.92. The number of nitrogens with one attached hydrogen (secondary N) is 2. The van der Waals surface area contributed by atoms with Crippen LogP contribution in [0.3, 0.4) is 0 Å². The molecule has 0 aromatic heterocycles. The van der Waals surface area contributed by atoms with Crippen molar-refractivity contribution in [3.05, 3.63) is 70.3 Å². The highest BCUT2D eigenvalue weighted by Crippen LogP contribution is 2.26. The van der Waals surface area contributed by atoms with Gasteiger partial charge in [0.05, 0.1) is 15.6 Å². The zero-order valence-corrected chi connectivity index (χ0v) is 17.9. The van der Waals surface area contributed by atoms with E-state index in [2.05, 4.69) is 16.1 Å². The number of hydrogen-bond acceptors (Lipinski definition) is 3. The summed E-state index contributed by atoms with van der Waals surface area (Å²) in [5.74, 6) is -0.226. The van der Waals surface area contributed by atoms with Crippen LogP contribution in [0.4, 0.5) is 5.69 Å². The molecule has 0 atom stereocenters. The lowest BCUT2D eigenvalue weighted by Crippen LogP contribution is -2.25. The number of amides is 1. The Labute approximate surface area is 177 Å². The van der Waals surface area contributed by atoms with Gasteiger partial charge in [-0.05, 0) is 69.4 Å². The summed E-state index contributed by atoms with van der Waals surface area (Å²) in [6.45, 7) is 2.46. The number of allylic oxidation sites excluding steroid dienone is 1. The molecular formula is C22H25ClN2O3S. The summed E-state index contributed by atoms with van der Waals surface area (Å²) in [4.78, 5) is 12.5. The van der Waals surface area contributed by atoms with E-state index in [0.717, 1.165) is 24.8 Å². The van der Waals surface area contributed by atoms with Gasteiger partial charge in [0.15, 0.2) is 0 Å². The predicted molar refractivity (Wildman–Crippen MR) is 117 cm³/mol. The molecule has 5 nitrogen and oxygen atoms in total. The molecule has 0 saturated heterocycles. The number of anilines is 1. The van der Waals surface area contributed by atoms with Crippen molar-refractivity contribution in [2.45, 2.75) is 43.9 Å². The minimum Gasteiger partial charge on any atom is -0.352 e. The highest BCUT2D eigenvalue weighted by Gasteiger charge is 2.17. The Bertz CT molecular complexity index is 1010. The quantitative estimate of drug-likeness (QED) is 0.600. The van der Waals surface area contributed by atoms with E-state index in [1.807, 2.05) is 6.92 Å². The second-order valence-electron chi connectivity index (χ2n) is 7.23. The molecule has 0 radical (unpaired) electrons. The summed E-state index contributed by atoms with van der Waals surface area (Å²) in [6.07, 6.45) is 7.81. The third kappa shape index (κ3) is 5.84. The van der Waals surface area contributed by atoms with E-state index < -0.39 is 10.0 Å². The Balaban J connectivity index is 1.62. The average molecular weight is 433 g/mol. The van der Waals surface area contributed by atoms with Crippen molar-refractivity contribution in [1.29, 1.82) is 0 Å². The van der Waals surface area contributed by atoms with Crippen LogP contribution in [-0.2, 0) is 10.0 Å². The molecule has 0 saturated carbocycles. The molecule has 1 aliphatic rings. The SMILES string of the molecule is Cc1ccc(S(=O)(=O)Nc2ccc(C(=O)NCCC3=CCCCC3)cc2Cl)cc1. The Hall–Kier alpha value is -2.31. The molecule has 1 aliphatic carbocycles. The third-order valence-electron chi connectivity index (χ3n) is 4.92. The second-order valence-corrected chi connectivity index (χ2v) is 9.32. The Morgan fingerprint density at radius 3 is 2.52 bits per heavy atom. The van der Waals surface area contributed by atoms with Gasteiger partial charge in [-0.3, -0.25) is 9.52 Å². The van der Waals surface area contributed by atoms with Gasteiger partial charge in [-0.2, -0.15) is 0 Å². The van der Waals surface area contributed by atoms with Crippen molar-refractivity contribution in [2.75, 3.05) is 11.3 Å². The van der Waals surface area contributed by atoms with Gasteiger partial charge in [0, 0.05) is 12.1 Å². The van der Waals surface area contributed by atoms with E-state index >= 15 is 0 Å². The summed E-state index contributed by atoms with van der Waals surface area (Å²) >= 11 is 6.23. The second kappa shape index (κ2) is 9.46. The van der Waals surface area contributed by atoms with E-state index in [0.29, 0.717) is 12.1 Å².